The summed E-state index contributed by atoms with van der Waals surface area (Å²) in [4.78, 5) is 12.5. The zero-order valence-corrected chi connectivity index (χ0v) is 19.7. The Morgan fingerprint density at radius 3 is 2.59 bits per heavy atom. The van der Waals surface area contributed by atoms with Crippen LogP contribution in [0, 0.1) is 12.7 Å². The molecule has 0 fully saturated rings. The van der Waals surface area contributed by atoms with E-state index >= 15 is 0 Å². The predicted octanol–water partition coefficient (Wildman–Crippen LogP) is 5.70. The number of aromatic nitrogens is 3. The summed E-state index contributed by atoms with van der Waals surface area (Å²) in [6.45, 7) is 2.18. The zero-order chi connectivity index (χ0) is 22.5. The van der Waals surface area contributed by atoms with Gasteiger partial charge in [-0.05, 0) is 60.5 Å². The second-order valence-electron chi connectivity index (χ2n) is 7.18. The molecule has 0 bridgehead atoms. The molecule has 4 aromatic rings. The summed E-state index contributed by atoms with van der Waals surface area (Å²) in [5.41, 5.74) is 3.45. The smallest absolute Gasteiger partial charge is 0.251 e. The summed E-state index contributed by atoms with van der Waals surface area (Å²) in [5.74, 6) is 0.505. The van der Waals surface area contributed by atoms with Gasteiger partial charge in [0.25, 0.3) is 5.91 Å². The minimum Gasteiger partial charge on any atom is -0.345 e. The summed E-state index contributed by atoms with van der Waals surface area (Å²) in [5, 5.41) is 12.2. The van der Waals surface area contributed by atoms with Crippen molar-refractivity contribution in [3.63, 3.8) is 0 Å². The largest absolute Gasteiger partial charge is 0.345 e. The van der Waals surface area contributed by atoms with E-state index in [2.05, 4.69) is 43.6 Å². The van der Waals surface area contributed by atoms with Gasteiger partial charge in [0.2, 0.25) is 0 Å². The third kappa shape index (κ3) is 5.44. The van der Waals surface area contributed by atoms with E-state index in [1.54, 1.807) is 17.8 Å². The first kappa shape index (κ1) is 22.2. The van der Waals surface area contributed by atoms with Crippen molar-refractivity contribution >= 4 is 33.6 Å². The molecule has 0 radical (unpaired) electrons. The zero-order valence-electron chi connectivity index (χ0n) is 17.3. The number of nitrogens with zero attached hydrogens (tertiary/aromatic N) is 3. The molecule has 162 valence electrons. The first-order valence-corrected chi connectivity index (χ1v) is 11.7. The maximum atomic E-state index is 13.5. The van der Waals surface area contributed by atoms with Gasteiger partial charge in [-0.25, -0.2) is 4.39 Å². The molecule has 1 amide bonds. The lowest BCUT2D eigenvalue weighted by atomic mass is 10.2. The summed E-state index contributed by atoms with van der Waals surface area (Å²) < 4.78 is 16.4. The maximum Gasteiger partial charge on any atom is 0.251 e. The lowest BCUT2D eigenvalue weighted by Crippen LogP contribution is -2.24. The average molecular weight is 511 g/mol. The van der Waals surface area contributed by atoms with Gasteiger partial charge in [0.05, 0.1) is 6.54 Å². The molecule has 0 spiro atoms. The van der Waals surface area contributed by atoms with Crippen molar-refractivity contribution in [3.05, 3.63) is 106 Å². The molecule has 1 heterocycles. The molecule has 0 saturated heterocycles. The minimum atomic E-state index is -0.452. The highest BCUT2D eigenvalue weighted by atomic mass is 79.9. The number of benzene rings is 3. The number of carbonyl (C=O) groups excluding carboxylic acids is 1. The second kappa shape index (κ2) is 10.1. The molecule has 0 atom stereocenters. The van der Waals surface area contributed by atoms with Gasteiger partial charge in [0.15, 0.2) is 11.0 Å². The first-order valence-electron chi connectivity index (χ1n) is 9.92. The van der Waals surface area contributed by atoms with Crippen molar-refractivity contribution < 1.29 is 9.18 Å². The van der Waals surface area contributed by atoms with Crippen LogP contribution in [0.2, 0.25) is 0 Å². The Balaban J connectivity index is 1.57. The highest BCUT2D eigenvalue weighted by Crippen LogP contribution is 2.26. The molecule has 0 aliphatic rings. The topological polar surface area (TPSA) is 59.8 Å². The molecule has 3 aromatic carbocycles. The van der Waals surface area contributed by atoms with Gasteiger partial charge in [0.1, 0.15) is 5.82 Å². The van der Waals surface area contributed by atoms with E-state index in [9.17, 15) is 9.18 Å². The van der Waals surface area contributed by atoms with Crippen LogP contribution in [0.3, 0.4) is 0 Å². The maximum absolute atomic E-state index is 13.5. The second-order valence-corrected chi connectivity index (χ2v) is 9.04. The molecule has 0 saturated carbocycles. The molecule has 0 aliphatic carbocycles. The van der Waals surface area contributed by atoms with Crippen molar-refractivity contribution in [2.45, 2.75) is 24.4 Å². The van der Waals surface area contributed by atoms with Crippen LogP contribution in [0.5, 0.6) is 0 Å². The standard InChI is InChI=1S/C24H20BrFN4OS/c1-16-4-2-7-21(12-16)30-22(14-27-23(31)18-5-3-6-20(26)13-18)28-29-24(30)32-15-17-8-10-19(25)11-9-17/h2-13H,14-15H2,1H3,(H,27,31). The van der Waals surface area contributed by atoms with Crippen LogP contribution in [0.4, 0.5) is 4.39 Å². The van der Waals surface area contributed by atoms with Crippen molar-refractivity contribution in [2.75, 3.05) is 0 Å². The van der Waals surface area contributed by atoms with Crippen LogP contribution in [0.15, 0.2) is 82.4 Å². The molecule has 5 nitrogen and oxygen atoms in total. The molecule has 1 aromatic heterocycles. The molecule has 4 rings (SSSR count). The van der Waals surface area contributed by atoms with Gasteiger partial charge < -0.3 is 5.32 Å². The minimum absolute atomic E-state index is 0.162. The molecular weight excluding hydrogens is 491 g/mol. The average Bonchev–Trinajstić information content (AvgIpc) is 3.20. The van der Waals surface area contributed by atoms with Gasteiger partial charge in [-0.3, -0.25) is 9.36 Å². The van der Waals surface area contributed by atoms with Gasteiger partial charge in [0, 0.05) is 21.5 Å². The quantitative estimate of drug-likeness (QED) is 0.324. The number of thioether (sulfide) groups is 1. The van der Waals surface area contributed by atoms with E-state index in [-0.39, 0.29) is 18.0 Å². The van der Waals surface area contributed by atoms with Crippen LogP contribution in [0.25, 0.3) is 5.69 Å². The van der Waals surface area contributed by atoms with E-state index in [0.29, 0.717) is 5.82 Å². The van der Waals surface area contributed by atoms with Crippen LogP contribution in [-0.2, 0) is 12.3 Å². The Labute approximate surface area is 198 Å². The van der Waals surface area contributed by atoms with E-state index in [1.807, 2.05) is 47.9 Å². The number of amides is 1. The van der Waals surface area contributed by atoms with Crippen molar-refractivity contribution in [1.29, 1.82) is 0 Å². The Morgan fingerprint density at radius 1 is 1.06 bits per heavy atom. The SMILES string of the molecule is Cc1cccc(-n2c(CNC(=O)c3cccc(F)c3)nnc2SCc2ccc(Br)cc2)c1. The summed E-state index contributed by atoms with van der Waals surface area (Å²) in [6, 6.07) is 21.8. The molecule has 0 unspecified atom stereocenters. The third-order valence-corrected chi connectivity index (χ3v) is 6.26. The number of carbonyl (C=O) groups is 1. The number of hydrogen-bond acceptors (Lipinski definition) is 4. The fourth-order valence-corrected chi connectivity index (χ4v) is 4.35. The summed E-state index contributed by atoms with van der Waals surface area (Å²) in [6.07, 6.45) is 0. The fourth-order valence-electron chi connectivity index (χ4n) is 3.15. The van der Waals surface area contributed by atoms with Gasteiger partial charge in [-0.2, -0.15) is 0 Å². The highest BCUT2D eigenvalue weighted by Gasteiger charge is 2.16. The van der Waals surface area contributed by atoms with Crippen LogP contribution in [-0.4, -0.2) is 20.7 Å². The normalized spacial score (nSPS) is 10.8. The van der Waals surface area contributed by atoms with Crippen LogP contribution < -0.4 is 5.32 Å². The number of aryl methyl sites for hydroxylation is 1. The molecular formula is C24H20BrFN4OS. The van der Waals surface area contributed by atoms with Crippen LogP contribution in [0.1, 0.15) is 27.3 Å². The van der Waals surface area contributed by atoms with Crippen molar-refractivity contribution in [1.82, 2.24) is 20.1 Å². The molecule has 8 heteroatoms. The number of rotatable bonds is 7. The van der Waals surface area contributed by atoms with Crippen molar-refractivity contribution in [2.24, 2.45) is 0 Å². The van der Waals surface area contributed by atoms with E-state index in [1.165, 1.54) is 18.2 Å². The Hall–Kier alpha value is -2.97. The van der Waals surface area contributed by atoms with E-state index in [0.717, 1.165) is 32.2 Å². The van der Waals surface area contributed by atoms with Gasteiger partial charge >= 0.3 is 0 Å². The summed E-state index contributed by atoms with van der Waals surface area (Å²) >= 11 is 5.03. The Bertz CT molecular complexity index is 1240. The number of nitrogens with one attached hydrogen (secondary N) is 1. The highest BCUT2D eigenvalue weighted by molar-refractivity contribution is 9.10. The molecule has 1 N–H and O–H groups in total. The predicted molar refractivity (Wildman–Crippen MR) is 127 cm³/mol. The van der Waals surface area contributed by atoms with E-state index in [4.69, 9.17) is 0 Å². The Kier molecular flexibility index (Phi) is 7.02. The monoisotopic (exact) mass is 510 g/mol. The number of hydrogen-bond donors (Lipinski definition) is 1. The van der Waals surface area contributed by atoms with E-state index < -0.39 is 5.82 Å². The first-order chi connectivity index (χ1) is 15.5. The van der Waals surface area contributed by atoms with Crippen LogP contribution >= 0.6 is 27.7 Å². The lowest BCUT2D eigenvalue weighted by molar-refractivity contribution is 0.0949. The van der Waals surface area contributed by atoms with Gasteiger partial charge in [-0.1, -0.05) is 58.0 Å². The fraction of sp³-hybridized carbons (Fsp3) is 0.125. The lowest BCUT2D eigenvalue weighted by Gasteiger charge is -2.12. The molecule has 0 aliphatic heterocycles. The van der Waals surface area contributed by atoms with Gasteiger partial charge in [-0.15, -0.1) is 10.2 Å². The summed E-state index contributed by atoms with van der Waals surface area (Å²) in [7, 11) is 0. The Morgan fingerprint density at radius 2 is 1.84 bits per heavy atom. The van der Waals surface area contributed by atoms with Crippen molar-refractivity contribution in [3.8, 4) is 5.69 Å². The number of halogens is 2. The molecule has 32 heavy (non-hydrogen) atoms. The third-order valence-electron chi connectivity index (χ3n) is 4.74.